The summed E-state index contributed by atoms with van der Waals surface area (Å²) in [6, 6.07) is 7.90. The van der Waals surface area contributed by atoms with Crippen molar-refractivity contribution in [3.8, 4) is 0 Å². The topological polar surface area (TPSA) is 248 Å². The van der Waals surface area contributed by atoms with Gasteiger partial charge in [-0.05, 0) is 32.9 Å². The summed E-state index contributed by atoms with van der Waals surface area (Å²) in [6.07, 6.45) is -7.76. The van der Waals surface area contributed by atoms with Gasteiger partial charge in [-0.3, -0.25) is 43.2 Å². The van der Waals surface area contributed by atoms with E-state index in [1.54, 1.807) is 39.0 Å². The molecule has 0 aromatic heterocycles. The highest BCUT2D eigenvalue weighted by Crippen LogP contribution is 2.28. The largest absolute Gasteiger partial charge is 0.463 e. The number of carbonyl (C=O) groups excluding carboxylic acids is 9. The Hall–Kier alpha value is -5.59. The van der Waals surface area contributed by atoms with Crippen LogP contribution in [0.1, 0.15) is 58.8 Å². The Kier molecular flexibility index (Phi) is 16.1. The maximum absolute atomic E-state index is 13.5. The van der Waals surface area contributed by atoms with Crippen molar-refractivity contribution in [2.24, 2.45) is 0 Å². The predicted molar refractivity (Wildman–Crippen MR) is 174 cm³/mol. The van der Waals surface area contributed by atoms with Gasteiger partial charge in [0.1, 0.15) is 37.9 Å². The Morgan fingerprint density at radius 3 is 1.83 bits per heavy atom. The van der Waals surface area contributed by atoms with Crippen LogP contribution in [0.3, 0.4) is 0 Å². The van der Waals surface area contributed by atoms with Crippen LogP contribution in [-0.2, 0) is 66.8 Å². The number of nitrogens with one attached hydrogen (secondary N) is 3. The predicted octanol–water partition coefficient (Wildman–Crippen LogP) is -1.10. The molecule has 0 unspecified atom stereocenters. The van der Waals surface area contributed by atoms with Crippen molar-refractivity contribution in [1.82, 2.24) is 20.9 Å². The Morgan fingerprint density at radius 1 is 0.712 bits per heavy atom. The van der Waals surface area contributed by atoms with E-state index < -0.39 is 123 Å². The summed E-state index contributed by atoms with van der Waals surface area (Å²) >= 11 is 0. The van der Waals surface area contributed by atoms with E-state index in [0.29, 0.717) is 0 Å². The lowest BCUT2D eigenvalue weighted by Crippen LogP contribution is -2.66. The van der Waals surface area contributed by atoms with Gasteiger partial charge >= 0.3 is 29.8 Å². The summed E-state index contributed by atoms with van der Waals surface area (Å²) in [5.74, 6) is -7.59. The minimum Gasteiger partial charge on any atom is -0.463 e. The van der Waals surface area contributed by atoms with Gasteiger partial charge in [-0.2, -0.15) is 0 Å². The molecule has 1 aliphatic heterocycles. The average molecular weight is 737 g/mol. The van der Waals surface area contributed by atoms with Crippen LogP contribution < -0.4 is 16.0 Å². The zero-order chi connectivity index (χ0) is 39.2. The molecule has 0 spiro atoms. The van der Waals surface area contributed by atoms with Gasteiger partial charge in [0.15, 0.2) is 24.5 Å². The van der Waals surface area contributed by atoms with E-state index in [4.69, 9.17) is 28.4 Å². The number of nitrogens with zero attached hydrogens (tertiary/aromatic N) is 1. The summed E-state index contributed by atoms with van der Waals surface area (Å²) in [5.41, 5.74) is -0.605. The first kappa shape index (κ1) is 42.6. The first-order valence-corrected chi connectivity index (χ1v) is 15.9. The zero-order valence-corrected chi connectivity index (χ0v) is 29.9. The van der Waals surface area contributed by atoms with Crippen molar-refractivity contribution < 1.29 is 71.6 Å². The average Bonchev–Trinajstić information content (AvgIpc) is 3.03. The van der Waals surface area contributed by atoms with Crippen LogP contribution >= 0.6 is 0 Å². The van der Waals surface area contributed by atoms with E-state index in [-0.39, 0.29) is 5.56 Å². The van der Waals surface area contributed by atoms with Crippen molar-refractivity contribution in [2.45, 2.75) is 84.7 Å². The fraction of sp³-hybridized carbons (Fsp3) is 0.545. The lowest BCUT2D eigenvalue weighted by atomic mass is 9.97. The van der Waals surface area contributed by atoms with Gasteiger partial charge in [0.05, 0.1) is 6.54 Å². The van der Waals surface area contributed by atoms with Gasteiger partial charge in [-0.25, -0.2) is 0 Å². The maximum atomic E-state index is 13.5. The molecule has 4 amide bonds. The molecule has 5 atom stereocenters. The summed E-state index contributed by atoms with van der Waals surface area (Å²) in [5, 5.41) is 7.10. The second-order valence-electron chi connectivity index (χ2n) is 12.3. The second-order valence-corrected chi connectivity index (χ2v) is 12.3. The third kappa shape index (κ3) is 15.1. The molecule has 0 saturated carbocycles. The smallest absolute Gasteiger partial charge is 0.325 e. The number of hydrogen-bond donors (Lipinski definition) is 3. The Labute approximate surface area is 299 Å². The molecule has 19 nitrogen and oxygen atoms in total. The normalized spacial score (nSPS) is 19.5. The summed E-state index contributed by atoms with van der Waals surface area (Å²) < 4.78 is 32.0. The van der Waals surface area contributed by atoms with Crippen molar-refractivity contribution in [2.75, 3.05) is 32.8 Å². The third-order valence-electron chi connectivity index (χ3n) is 6.60. The van der Waals surface area contributed by atoms with Gasteiger partial charge < -0.3 is 49.3 Å². The number of hydrogen-bond acceptors (Lipinski definition) is 15. The second kappa shape index (κ2) is 19.7. The monoisotopic (exact) mass is 736 g/mol. The molecule has 0 radical (unpaired) electrons. The summed E-state index contributed by atoms with van der Waals surface area (Å²) in [4.78, 5) is 113. The Balaban J connectivity index is 2.35. The maximum Gasteiger partial charge on any atom is 0.325 e. The zero-order valence-electron chi connectivity index (χ0n) is 29.9. The fourth-order valence-electron chi connectivity index (χ4n) is 4.69. The minimum absolute atomic E-state index is 0.235. The molecule has 1 saturated heterocycles. The Bertz CT molecular complexity index is 1490. The van der Waals surface area contributed by atoms with Crippen LogP contribution in [0.5, 0.6) is 0 Å². The molecule has 286 valence electrons. The number of benzene rings is 1. The van der Waals surface area contributed by atoms with E-state index in [1.165, 1.54) is 12.1 Å². The number of amides is 4. The lowest BCUT2D eigenvalue weighted by molar-refractivity contribution is -0.257. The van der Waals surface area contributed by atoms with Gasteiger partial charge in [-0.15, -0.1) is 0 Å². The van der Waals surface area contributed by atoms with Crippen molar-refractivity contribution in [3.63, 3.8) is 0 Å². The number of carbonyl (C=O) groups is 9. The molecule has 0 bridgehead atoms. The van der Waals surface area contributed by atoms with Crippen molar-refractivity contribution in [1.29, 1.82) is 0 Å². The van der Waals surface area contributed by atoms with E-state index >= 15 is 0 Å². The summed E-state index contributed by atoms with van der Waals surface area (Å²) in [7, 11) is 0. The fourth-order valence-corrected chi connectivity index (χ4v) is 4.69. The van der Waals surface area contributed by atoms with Crippen LogP contribution in [0.2, 0.25) is 0 Å². The van der Waals surface area contributed by atoms with Crippen LogP contribution in [0.15, 0.2) is 30.3 Å². The molecule has 0 aliphatic carbocycles. The van der Waals surface area contributed by atoms with Crippen molar-refractivity contribution in [3.05, 3.63) is 35.9 Å². The number of esters is 5. The number of ether oxygens (including phenoxy) is 6. The van der Waals surface area contributed by atoms with E-state index in [9.17, 15) is 43.2 Å². The van der Waals surface area contributed by atoms with E-state index in [1.807, 2.05) is 0 Å². The first-order valence-electron chi connectivity index (χ1n) is 15.9. The van der Waals surface area contributed by atoms with Crippen LogP contribution in [-0.4, -0.2) is 127 Å². The van der Waals surface area contributed by atoms with Gasteiger partial charge in [0.2, 0.25) is 17.7 Å². The Morgan fingerprint density at radius 2 is 1.27 bits per heavy atom. The lowest BCUT2D eigenvalue weighted by Gasteiger charge is -2.44. The molecular weight excluding hydrogens is 692 g/mol. The van der Waals surface area contributed by atoms with Gasteiger partial charge in [-0.1, -0.05) is 18.2 Å². The van der Waals surface area contributed by atoms with Gasteiger partial charge in [0.25, 0.3) is 5.91 Å². The molecular formula is C33H44N4O15. The van der Waals surface area contributed by atoms with Crippen LogP contribution in [0, 0.1) is 0 Å². The molecule has 2 rings (SSSR count). The number of rotatable bonds is 15. The summed E-state index contributed by atoms with van der Waals surface area (Å²) in [6.45, 7) is 5.65. The molecule has 19 heteroatoms. The third-order valence-corrected chi connectivity index (χ3v) is 6.60. The minimum atomic E-state index is -1.66. The van der Waals surface area contributed by atoms with Gasteiger partial charge in [0, 0.05) is 33.3 Å². The quantitative estimate of drug-likeness (QED) is 0.143. The van der Waals surface area contributed by atoms with E-state index in [0.717, 1.165) is 32.6 Å². The molecule has 1 aliphatic rings. The van der Waals surface area contributed by atoms with E-state index in [2.05, 4.69) is 16.0 Å². The standard InChI is InChI=1S/C33H44N4O15/c1-18(38)47-17-23-28(48-19(2)39)29(49-20(3)40)30(50-21(4)41)32(51-23)36-25(43)16-37(15-24(42)34-14-27(45)52-33(5,6)7)26(44)13-35-31(46)22-11-9-8-10-12-22/h8-12,23,28-30,32H,13-17H2,1-7H3,(H,34,42)(H,35,46)(H,36,43)/t23-,28-,29+,30-,32-/m1/s1. The molecule has 1 heterocycles. The molecule has 1 aromatic rings. The SMILES string of the molecule is CC(=O)OC[C@H]1O[C@@H](NC(=O)CN(CC(=O)NCC(=O)OC(C)(C)C)C(=O)CNC(=O)c2ccccc2)[C@H](OC(C)=O)[C@@H](OC(C)=O)[C@@H]1OC(C)=O. The van der Waals surface area contributed by atoms with Crippen LogP contribution in [0.4, 0.5) is 0 Å². The first-order chi connectivity index (χ1) is 24.2. The van der Waals surface area contributed by atoms with Crippen LogP contribution in [0.25, 0.3) is 0 Å². The molecule has 1 aromatic carbocycles. The van der Waals surface area contributed by atoms with Crippen molar-refractivity contribution >= 4 is 53.5 Å². The molecule has 1 fully saturated rings. The highest BCUT2D eigenvalue weighted by Gasteiger charge is 2.52. The molecule has 52 heavy (non-hydrogen) atoms. The molecule has 3 N–H and O–H groups in total. The highest BCUT2D eigenvalue weighted by atomic mass is 16.7. The highest BCUT2D eigenvalue weighted by molar-refractivity contribution is 5.97.